The van der Waals surface area contributed by atoms with Gasteiger partial charge >= 0.3 is 0 Å². The Kier molecular flexibility index (Phi) is 7.18. The van der Waals surface area contributed by atoms with Gasteiger partial charge < -0.3 is 14.8 Å². The summed E-state index contributed by atoms with van der Waals surface area (Å²) in [5.74, 6) is 0.889. The quantitative estimate of drug-likeness (QED) is 0.385. The van der Waals surface area contributed by atoms with E-state index >= 15 is 0 Å². The largest absolute Gasteiger partial charge is 0.497 e. The van der Waals surface area contributed by atoms with Crippen LogP contribution in [0.2, 0.25) is 5.02 Å². The van der Waals surface area contributed by atoms with Gasteiger partial charge in [-0.25, -0.2) is 4.99 Å². The molecule has 1 aliphatic rings. The first-order valence-corrected chi connectivity index (χ1v) is 13.0. The molecular formula is C29H24ClN3O4S. The highest BCUT2D eigenvalue weighted by atomic mass is 35.5. The standard InChI is InChI=1S/C29H24ClN3O4S/c1-17-25(27(34)32-21-7-5-4-6-8-21)26(18-9-12-20(30)13-10-18)33-28(35)24(38-29(33)31-17)15-19-11-14-22(36-2)16-23(19)37-3/h4-16,26H,1-3H3,(H,32,34)/t26-/m0/s1. The molecule has 192 valence electrons. The van der Waals surface area contributed by atoms with Crippen molar-refractivity contribution in [3.63, 3.8) is 0 Å². The molecule has 0 radical (unpaired) electrons. The van der Waals surface area contributed by atoms with Crippen LogP contribution in [0.3, 0.4) is 0 Å². The summed E-state index contributed by atoms with van der Waals surface area (Å²) in [5.41, 5.74) is 2.78. The van der Waals surface area contributed by atoms with Crippen molar-refractivity contribution in [1.29, 1.82) is 0 Å². The number of hydrogen-bond donors (Lipinski definition) is 1. The second kappa shape index (κ2) is 10.7. The zero-order valence-electron chi connectivity index (χ0n) is 20.9. The highest BCUT2D eigenvalue weighted by Gasteiger charge is 2.32. The van der Waals surface area contributed by atoms with E-state index in [4.69, 9.17) is 21.1 Å². The summed E-state index contributed by atoms with van der Waals surface area (Å²) < 4.78 is 12.8. The minimum atomic E-state index is -0.688. The topological polar surface area (TPSA) is 81.9 Å². The van der Waals surface area contributed by atoms with E-state index in [9.17, 15) is 9.59 Å². The van der Waals surface area contributed by atoms with E-state index in [-0.39, 0.29) is 11.5 Å². The molecule has 5 rings (SSSR count). The van der Waals surface area contributed by atoms with Crippen molar-refractivity contribution in [2.45, 2.75) is 13.0 Å². The number of benzene rings is 3. The number of hydrogen-bond acceptors (Lipinski definition) is 6. The van der Waals surface area contributed by atoms with Gasteiger partial charge in [0.05, 0.1) is 36.1 Å². The number of amides is 1. The molecule has 0 spiro atoms. The highest BCUT2D eigenvalue weighted by molar-refractivity contribution is 7.07. The van der Waals surface area contributed by atoms with Crippen LogP contribution in [0.4, 0.5) is 5.69 Å². The van der Waals surface area contributed by atoms with Gasteiger partial charge in [-0.2, -0.15) is 0 Å². The third kappa shape index (κ3) is 4.88. The number of carbonyl (C=O) groups excluding carboxylic acids is 1. The van der Waals surface area contributed by atoms with E-state index in [1.54, 1.807) is 56.1 Å². The average Bonchev–Trinajstić information content (AvgIpc) is 3.23. The van der Waals surface area contributed by atoms with Crippen molar-refractivity contribution in [3.05, 3.63) is 120 Å². The fourth-order valence-corrected chi connectivity index (χ4v) is 5.53. The van der Waals surface area contributed by atoms with Gasteiger partial charge in [0.2, 0.25) is 0 Å². The molecule has 0 aliphatic carbocycles. The van der Waals surface area contributed by atoms with Crippen LogP contribution in [-0.4, -0.2) is 24.7 Å². The van der Waals surface area contributed by atoms with Gasteiger partial charge in [0.25, 0.3) is 11.5 Å². The Hall–Kier alpha value is -4.14. The molecule has 0 saturated carbocycles. The van der Waals surface area contributed by atoms with Crippen LogP contribution in [0.5, 0.6) is 11.5 Å². The second-order valence-electron chi connectivity index (χ2n) is 8.56. The third-order valence-electron chi connectivity index (χ3n) is 6.21. The summed E-state index contributed by atoms with van der Waals surface area (Å²) in [6.07, 6.45) is 1.77. The van der Waals surface area contributed by atoms with E-state index in [0.29, 0.717) is 42.8 Å². The monoisotopic (exact) mass is 545 g/mol. The Morgan fingerprint density at radius 1 is 1.05 bits per heavy atom. The van der Waals surface area contributed by atoms with E-state index < -0.39 is 6.04 Å². The Morgan fingerprint density at radius 3 is 2.47 bits per heavy atom. The number of halogens is 1. The Morgan fingerprint density at radius 2 is 1.79 bits per heavy atom. The number of anilines is 1. The molecule has 1 aliphatic heterocycles. The molecule has 2 heterocycles. The predicted octanol–water partition coefficient (Wildman–Crippen LogP) is 4.54. The van der Waals surface area contributed by atoms with Gasteiger partial charge in [-0.1, -0.05) is 53.3 Å². The molecule has 0 saturated heterocycles. The number of thiazole rings is 1. The maximum atomic E-state index is 13.9. The summed E-state index contributed by atoms with van der Waals surface area (Å²) in [5, 5.41) is 3.50. The number of allylic oxidation sites excluding steroid dienone is 1. The van der Waals surface area contributed by atoms with Gasteiger partial charge in [0, 0.05) is 22.3 Å². The van der Waals surface area contributed by atoms with Crippen molar-refractivity contribution in [2.24, 2.45) is 4.99 Å². The molecule has 1 amide bonds. The Labute approximate surface area is 228 Å². The molecule has 1 N–H and O–H groups in total. The molecule has 1 aromatic heterocycles. The number of para-hydroxylation sites is 1. The van der Waals surface area contributed by atoms with E-state index in [2.05, 4.69) is 10.3 Å². The van der Waals surface area contributed by atoms with E-state index in [1.807, 2.05) is 48.5 Å². The lowest BCUT2D eigenvalue weighted by Gasteiger charge is -2.25. The molecule has 3 aromatic carbocycles. The lowest BCUT2D eigenvalue weighted by molar-refractivity contribution is -0.113. The molecule has 38 heavy (non-hydrogen) atoms. The number of aromatic nitrogens is 1. The zero-order chi connectivity index (χ0) is 26.8. The van der Waals surface area contributed by atoms with Crippen LogP contribution in [0.1, 0.15) is 24.1 Å². The molecular weight excluding hydrogens is 522 g/mol. The van der Waals surface area contributed by atoms with Crippen molar-refractivity contribution in [1.82, 2.24) is 4.57 Å². The number of nitrogens with zero attached hydrogens (tertiary/aromatic N) is 2. The minimum absolute atomic E-state index is 0.260. The molecule has 1 atom stereocenters. The second-order valence-corrected chi connectivity index (χ2v) is 10.0. The van der Waals surface area contributed by atoms with Gasteiger partial charge in [0.15, 0.2) is 4.80 Å². The first-order chi connectivity index (χ1) is 18.4. The highest BCUT2D eigenvalue weighted by Crippen LogP contribution is 2.31. The minimum Gasteiger partial charge on any atom is -0.497 e. The maximum absolute atomic E-state index is 13.9. The van der Waals surface area contributed by atoms with Crippen molar-refractivity contribution < 1.29 is 14.3 Å². The number of nitrogens with one attached hydrogen (secondary N) is 1. The average molecular weight is 546 g/mol. The van der Waals surface area contributed by atoms with Crippen molar-refractivity contribution in [3.8, 4) is 11.5 Å². The molecule has 0 fully saturated rings. The van der Waals surface area contributed by atoms with E-state index in [1.165, 1.54) is 11.3 Å². The summed E-state index contributed by atoms with van der Waals surface area (Å²) >= 11 is 7.42. The van der Waals surface area contributed by atoms with Crippen LogP contribution < -0.4 is 29.7 Å². The summed E-state index contributed by atoms with van der Waals surface area (Å²) in [6.45, 7) is 1.78. The first kappa shape index (κ1) is 25.5. The molecule has 7 nitrogen and oxygen atoms in total. The summed E-state index contributed by atoms with van der Waals surface area (Å²) in [6, 6.07) is 21.0. The summed E-state index contributed by atoms with van der Waals surface area (Å²) in [4.78, 5) is 32.6. The van der Waals surface area contributed by atoms with Gasteiger partial charge in [-0.15, -0.1) is 0 Å². The SMILES string of the molecule is COc1ccc(C=c2sc3n(c2=O)[C@@H](c2ccc(Cl)cc2)C(C(=O)Nc2ccccc2)=C(C)N=3)c(OC)c1. The van der Waals surface area contributed by atoms with E-state index in [0.717, 1.165) is 11.1 Å². The van der Waals surface area contributed by atoms with Gasteiger partial charge in [-0.05, 0) is 55.0 Å². The first-order valence-electron chi connectivity index (χ1n) is 11.8. The Bertz CT molecular complexity index is 1720. The maximum Gasteiger partial charge on any atom is 0.271 e. The number of fused-ring (bicyclic) bond motifs is 1. The molecule has 0 bridgehead atoms. The number of ether oxygens (including phenoxy) is 2. The van der Waals surface area contributed by atoms with Crippen LogP contribution in [-0.2, 0) is 4.79 Å². The van der Waals surface area contributed by atoms with Gasteiger partial charge in [0.1, 0.15) is 11.5 Å². The predicted molar refractivity (Wildman–Crippen MR) is 150 cm³/mol. The number of methoxy groups -OCH3 is 2. The number of rotatable bonds is 6. The smallest absolute Gasteiger partial charge is 0.271 e. The zero-order valence-corrected chi connectivity index (χ0v) is 22.5. The molecule has 4 aromatic rings. The Balaban J connectivity index is 1.67. The molecule has 9 heteroatoms. The van der Waals surface area contributed by atoms with Crippen LogP contribution in [0.15, 0.2) is 93.9 Å². The fourth-order valence-electron chi connectivity index (χ4n) is 4.37. The molecule has 0 unspecified atom stereocenters. The van der Waals surface area contributed by atoms with Crippen LogP contribution >= 0.6 is 22.9 Å². The summed E-state index contributed by atoms with van der Waals surface area (Å²) in [7, 11) is 3.15. The normalized spacial score (nSPS) is 15.1. The number of carbonyl (C=O) groups is 1. The van der Waals surface area contributed by atoms with Crippen LogP contribution in [0, 0.1) is 0 Å². The third-order valence-corrected chi connectivity index (χ3v) is 7.45. The fraction of sp³-hybridized carbons (Fsp3) is 0.138. The lowest BCUT2D eigenvalue weighted by Crippen LogP contribution is -2.40. The van der Waals surface area contributed by atoms with Crippen molar-refractivity contribution in [2.75, 3.05) is 19.5 Å². The van der Waals surface area contributed by atoms with Crippen LogP contribution in [0.25, 0.3) is 6.08 Å². The van der Waals surface area contributed by atoms with Gasteiger partial charge in [-0.3, -0.25) is 14.2 Å². The van der Waals surface area contributed by atoms with Crippen molar-refractivity contribution >= 4 is 40.6 Å². The lowest BCUT2D eigenvalue weighted by atomic mass is 9.95.